The van der Waals surface area contributed by atoms with Gasteiger partial charge in [0.2, 0.25) is 5.76 Å². The molecule has 0 spiro atoms. The van der Waals surface area contributed by atoms with Gasteiger partial charge < -0.3 is 24.5 Å². The highest BCUT2D eigenvalue weighted by molar-refractivity contribution is 6.31. The number of primary amides is 1. The maximum Gasteiger partial charge on any atom is 0.291 e. The number of rotatable bonds is 7. The number of carbonyl (C=O) groups is 2. The van der Waals surface area contributed by atoms with Crippen LogP contribution in [0.4, 0.5) is 0 Å². The minimum atomic E-state index is -0.709. The molecule has 3 aromatic carbocycles. The Kier molecular flexibility index (Phi) is 6.12. The summed E-state index contributed by atoms with van der Waals surface area (Å²) in [6.45, 7) is -0.0296. The number of methoxy groups -OCH3 is 1. The van der Waals surface area contributed by atoms with E-state index in [1.807, 2.05) is 24.3 Å². The van der Waals surface area contributed by atoms with E-state index in [1.165, 1.54) is 6.07 Å². The Bertz CT molecular complexity index is 1530. The highest BCUT2D eigenvalue weighted by atomic mass is 35.5. The van der Waals surface area contributed by atoms with Crippen LogP contribution < -0.4 is 20.6 Å². The second kappa shape index (κ2) is 9.39. The van der Waals surface area contributed by atoms with Gasteiger partial charge in [0, 0.05) is 11.6 Å². The predicted molar refractivity (Wildman–Crippen MR) is 133 cm³/mol. The highest BCUT2D eigenvalue weighted by Gasteiger charge is 2.42. The van der Waals surface area contributed by atoms with E-state index in [0.29, 0.717) is 27.5 Å². The van der Waals surface area contributed by atoms with Crippen molar-refractivity contribution in [1.29, 1.82) is 0 Å². The van der Waals surface area contributed by atoms with Crippen LogP contribution in [0, 0.1) is 0 Å². The van der Waals surface area contributed by atoms with Gasteiger partial charge in [0.15, 0.2) is 12.0 Å². The second-order valence-corrected chi connectivity index (χ2v) is 8.76. The second-order valence-electron chi connectivity index (χ2n) is 8.32. The molecule has 1 aromatic heterocycles. The Labute approximate surface area is 210 Å². The minimum Gasteiger partial charge on any atom is -0.497 e. The van der Waals surface area contributed by atoms with E-state index in [0.717, 1.165) is 5.56 Å². The van der Waals surface area contributed by atoms with Gasteiger partial charge >= 0.3 is 0 Å². The van der Waals surface area contributed by atoms with E-state index in [-0.39, 0.29) is 35.5 Å². The highest BCUT2D eigenvalue weighted by Crippen LogP contribution is 2.40. The van der Waals surface area contributed by atoms with Gasteiger partial charge in [-0.1, -0.05) is 35.9 Å². The van der Waals surface area contributed by atoms with Crippen LogP contribution in [0.15, 0.2) is 75.9 Å². The molecule has 0 radical (unpaired) electrons. The van der Waals surface area contributed by atoms with E-state index >= 15 is 0 Å². The van der Waals surface area contributed by atoms with Gasteiger partial charge in [-0.05, 0) is 53.6 Å². The summed E-state index contributed by atoms with van der Waals surface area (Å²) in [6, 6.07) is 18.2. The van der Waals surface area contributed by atoms with Crippen LogP contribution in [0.1, 0.15) is 33.3 Å². The van der Waals surface area contributed by atoms with Gasteiger partial charge in [-0.15, -0.1) is 0 Å². The van der Waals surface area contributed by atoms with Crippen LogP contribution in [0.2, 0.25) is 5.02 Å². The lowest BCUT2D eigenvalue weighted by Crippen LogP contribution is -2.29. The van der Waals surface area contributed by atoms with E-state index in [9.17, 15) is 14.4 Å². The SMILES string of the molecule is COc1ccc(CN2C(=O)c3oc4ccc(Cl)cc4c(=O)c3C2c2ccc(OCC(N)=O)cc2)cc1. The lowest BCUT2D eigenvalue weighted by atomic mass is 9.98. The lowest BCUT2D eigenvalue weighted by Gasteiger charge is -2.25. The zero-order valence-corrected chi connectivity index (χ0v) is 20.0. The third-order valence-electron chi connectivity index (χ3n) is 6.02. The molecule has 9 heteroatoms. The molecular formula is C27H21ClN2O6. The summed E-state index contributed by atoms with van der Waals surface area (Å²) in [4.78, 5) is 39.9. The number of hydrogen-bond acceptors (Lipinski definition) is 6. The summed E-state index contributed by atoms with van der Waals surface area (Å²) < 4.78 is 16.5. The molecule has 8 nitrogen and oxygen atoms in total. The Morgan fingerprint density at radius 2 is 1.72 bits per heavy atom. The van der Waals surface area contributed by atoms with Crippen molar-refractivity contribution >= 4 is 34.4 Å². The number of hydrogen-bond donors (Lipinski definition) is 1. The van der Waals surface area contributed by atoms with E-state index in [1.54, 1.807) is 48.4 Å². The molecule has 0 fully saturated rings. The third kappa shape index (κ3) is 4.27. The van der Waals surface area contributed by atoms with Crippen LogP contribution in [-0.4, -0.2) is 30.4 Å². The molecule has 5 rings (SSSR count). The van der Waals surface area contributed by atoms with Crippen molar-refractivity contribution in [1.82, 2.24) is 4.90 Å². The van der Waals surface area contributed by atoms with Crippen LogP contribution in [-0.2, 0) is 11.3 Å². The van der Waals surface area contributed by atoms with Crippen LogP contribution in [0.25, 0.3) is 11.0 Å². The largest absolute Gasteiger partial charge is 0.497 e. The number of carbonyl (C=O) groups excluding carboxylic acids is 2. The number of fused-ring (bicyclic) bond motifs is 2. The third-order valence-corrected chi connectivity index (χ3v) is 6.25. The lowest BCUT2D eigenvalue weighted by molar-refractivity contribution is -0.119. The van der Waals surface area contributed by atoms with Crippen LogP contribution in [0.3, 0.4) is 0 Å². The molecule has 2 N–H and O–H groups in total. The number of benzene rings is 3. The normalized spacial score (nSPS) is 14.7. The minimum absolute atomic E-state index is 0.00221. The average Bonchev–Trinajstić information content (AvgIpc) is 3.15. The summed E-state index contributed by atoms with van der Waals surface area (Å²) in [5.41, 5.74) is 6.89. The summed E-state index contributed by atoms with van der Waals surface area (Å²) in [5.74, 6) is 0.137. The van der Waals surface area contributed by atoms with Gasteiger partial charge in [0.05, 0.1) is 24.1 Å². The Morgan fingerprint density at radius 1 is 1.03 bits per heavy atom. The first kappa shape index (κ1) is 23.4. The number of amides is 2. The topological polar surface area (TPSA) is 112 Å². The fraction of sp³-hybridized carbons (Fsp3) is 0.148. The average molecular weight is 505 g/mol. The number of halogens is 1. The molecule has 2 heterocycles. The summed E-state index contributed by atoms with van der Waals surface area (Å²) in [6.07, 6.45) is 0. The molecule has 4 aromatic rings. The molecule has 0 bridgehead atoms. The van der Waals surface area contributed by atoms with Crippen molar-refractivity contribution < 1.29 is 23.5 Å². The molecule has 0 aliphatic carbocycles. The zero-order chi connectivity index (χ0) is 25.4. The molecular weight excluding hydrogens is 484 g/mol. The van der Waals surface area contributed by atoms with Crippen molar-refractivity contribution in [3.63, 3.8) is 0 Å². The monoisotopic (exact) mass is 504 g/mol. The summed E-state index contributed by atoms with van der Waals surface area (Å²) in [5, 5.41) is 0.688. The van der Waals surface area contributed by atoms with Gasteiger partial charge in [0.25, 0.3) is 11.8 Å². The van der Waals surface area contributed by atoms with Crippen LogP contribution >= 0.6 is 11.6 Å². The van der Waals surface area contributed by atoms with Gasteiger partial charge in [-0.25, -0.2) is 0 Å². The maximum atomic E-state index is 13.6. The van der Waals surface area contributed by atoms with Crippen LogP contribution in [0.5, 0.6) is 11.5 Å². The molecule has 182 valence electrons. The van der Waals surface area contributed by atoms with Crippen molar-refractivity contribution in [3.8, 4) is 11.5 Å². The Hall–Kier alpha value is -4.30. The molecule has 36 heavy (non-hydrogen) atoms. The van der Waals surface area contributed by atoms with E-state index in [2.05, 4.69) is 0 Å². The molecule has 1 aliphatic heterocycles. The maximum absolute atomic E-state index is 13.6. The van der Waals surface area contributed by atoms with Crippen molar-refractivity contribution in [2.24, 2.45) is 5.73 Å². The fourth-order valence-corrected chi connectivity index (χ4v) is 4.50. The molecule has 1 atom stereocenters. The molecule has 0 saturated carbocycles. The first-order valence-corrected chi connectivity index (χ1v) is 11.4. The Morgan fingerprint density at radius 3 is 2.39 bits per heavy atom. The molecule has 1 unspecified atom stereocenters. The Balaban J connectivity index is 1.61. The smallest absolute Gasteiger partial charge is 0.291 e. The van der Waals surface area contributed by atoms with E-state index < -0.39 is 17.9 Å². The van der Waals surface area contributed by atoms with Gasteiger partial charge in [-0.3, -0.25) is 14.4 Å². The van der Waals surface area contributed by atoms with Crippen molar-refractivity contribution in [2.75, 3.05) is 13.7 Å². The standard InChI is InChI=1S/C27H21ClN2O6/c1-34-18-7-2-15(3-8-18)13-30-24(16-4-9-19(10-5-16)35-14-22(29)31)23-25(32)20-12-17(28)6-11-21(20)36-26(23)27(30)33/h2-12,24H,13-14H2,1H3,(H2,29,31). The first-order valence-electron chi connectivity index (χ1n) is 11.1. The summed E-state index contributed by atoms with van der Waals surface area (Å²) >= 11 is 6.14. The van der Waals surface area contributed by atoms with Crippen molar-refractivity contribution in [2.45, 2.75) is 12.6 Å². The molecule has 0 saturated heterocycles. The predicted octanol–water partition coefficient (Wildman–Crippen LogP) is 4.06. The van der Waals surface area contributed by atoms with Crippen molar-refractivity contribution in [3.05, 3.63) is 104 Å². The number of ether oxygens (including phenoxy) is 2. The van der Waals surface area contributed by atoms with Gasteiger partial charge in [0.1, 0.15) is 17.1 Å². The first-order chi connectivity index (χ1) is 17.4. The zero-order valence-electron chi connectivity index (χ0n) is 19.2. The molecule has 2 amide bonds. The van der Waals surface area contributed by atoms with Gasteiger partial charge in [-0.2, -0.15) is 0 Å². The quantitative estimate of drug-likeness (QED) is 0.406. The number of nitrogens with two attached hydrogens (primary N) is 1. The summed E-state index contributed by atoms with van der Waals surface area (Å²) in [7, 11) is 1.58. The molecule has 1 aliphatic rings. The number of nitrogens with zero attached hydrogens (tertiary/aromatic N) is 1. The fourth-order valence-electron chi connectivity index (χ4n) is 4.33. The van der Waals surface area contributed by atoms with E-state index in [4.69, 9.17) is 31.2 Å².